The van der Waals surface area contributed by atoms with Gasteiger partial charge in [0.2, 0.25) is 0 Å². The minimum Gasteiger partial charge on any atom is -0.349 e. The third-order valence-electron chi connectivity index (χ3n) is 4.60. The predicted molar refractivity (Wildman–Crippen MR) is 99.9 cm³/mol. The maximum Gasteiger partial charge on any atom is 0.254 e. The van der Waals surface area contributed by atoms with Crippen molar-refractivity contribution in [1.29, 1.82) is 0 Å². The number of nitrogens with zero attached hydrogens (tertiary/aromatic N) is 3. The highest BCUT2D eigenvalue weighted by Crippen LogP contribution is 2.28. The van der Waals surface area contributed by atoms with Gasteiger partial charge in [-0.05, 0) is 39.7 Å². The lowest BCUT2D eigenvalue weighted by atomic mass is 10.0. The summed E-state index contributed by atoms with van der Waals surface area (Å²) in [4.78, 5) is 17.1. The number of carbonyl (C=O) groups excluding carboxylic acids is 1. The SMILES string of the molecule is CCC(C)NC(=O)c1cnc2c(-c3cccc(C)c3)c(C)nn2c1C. The van der Waals surface area contributed by atoms with Gasteiger partial charge >= 0.3 is 0 Å². The summed E-state index contributed by atoms with van der Waals surface area (Å²) < 4.78 is 1.78. The molecule has 1 amide bonds. The fraction of sp³-hybridized carbons (Fsp3) is 0.350. The minimum atomic E-state index is -0.105. The molecule has 2 aromatic heterocycles. The number of hydrogen-bond acceptors (Lipinski definition) is 3. The van der Waals surface area contributed by atoms with Gasteiger partial charge in [-0.15, -0.1) is 0 Å². The Morgan fingerprint density at radius 3 is 2.72 bits per heavy atom. The number of fused-ring (bicyclic) bond motifs is 1. The molecule has 0 aliphatic rings. The zero-order chi connectivity index (χ0) is 18.1. The van der Waals surface area contributed by atoms with Crippen molar-refractivity contribution < 1.29 is 4.79 Å². The molecule has 0 radical (unpaired) electrons. The van der Waals surface area contributed by atoms with Gasteiger partial charge in [0.1, 0.15) is 0 Å². The summed E-state index contributed by atoms with van der Waals surface area (Å²) in [5, 5.41) is 7.63. The Bertz CT molecular complexity index is 942. The van der Waals surface area contributed by atoms with Crippen molar-refractivity contribution in [3.63, 3.8) is 0 Å². The standard InChI is InChI=1S/C20H24N4O/c1-6-13(3)22-20(25)17-11-21-19-18(14(4)23-24(19)15(17)5)16-9-7-8-12(2)10-16/h7-11,13H,6H2,1-5H3,(H,22,25). The van der Waals surface area contributed by atoms with E-state index in [1.165, 1.54) is 5.56 Å². The lowest BCUT2D eigenvalue weighted by Crippen LogP contribution is -2.32. The Labute approximate surface area is 148 Å². The zero-order valence-corrected chi connectivity index (χ0v) is 15.4. The quantitative estimate of drug-likeness (QED) is 0.787. The van der Waals surface area contributed by atoms with E-state index in [4.69, 9.17) is 0 Å². The number of nitrogens with one attached hydrogen (secondary N) is 1. The van der Waals surface area contributed by atoms with Crippen LogP contribution in [0.3, 0.4) is 0 Å². The highest BCUT2D eigenvalue weighted by atomic mass is 16.1. The predicted octanol–water partition coefficient (Wildman–Crippen LogP) is 3.85. The van der Waals surface area contributed by atoms with Gasteiger partial charge in [-0.3, -0.25) is 4.79 Å². The maximum absolute atomic E-state index is 12.5. The summed E-state index contributed by atoms with van der Waals surface area (Å²) >= 11 is 0. The van der Waals surface area contributed by atoms with E-state index in [2.05, 4.69) is 40.5 Å². The molecule has 3 rings (SSSR count). The van der Waals surface area contributed by atoms with Crippen LogP contribution in [0.4, 0.5) is 0 Å². The van der Waals surface area contributed by atoms with E-state index in [1.54, 1.807) is 10.7 Å². The fourth-order valence-corrected chi connectivity index (χ4v) is 2.97. The molecule has 130 valence electrons. The first-order chi connectivity index (χ1) is 11.9. The Kier molecular flexibility index (Phi) is 4.57. The van der Waals surface area contributed by atoms with E-state index >= 15 is 0 Å². The topological polar surface area (TPSA) is 59.3 Å². The smallest absolute Gasteiger partial charge is 0.254 e. The molecule has 0 saturated heterocycles. The minimum absolute atomic E-state index is 0.105. The molecule has 1 atom stereocenters. The summed E-state index contributed by atoms with van der Waals surface area (Å²) in [7, 11) is 0. The van der Waals surface area contributed by atoms with Crippen LogP contribution in [0.25, 0.3) is 16.8 Å². The van der Waals surface area contributed by atoms with Crippen LogP contribution in [-0.2, 0) is 0 Å². The largest absolute Gasteiger partial charge is 0.349 e. The van der Waals surface area contributed by atoms with E-state index in [-0.39, 0.29) is 11.9 Å². The third-order valence-corrected chi connectivity index (χ3v) is 4.60. The molecule has 1 unspecified atom stereocenters. The number of benzene rings is 1. The van der Waals surface area contributed by atoms with Crippen LogP contribution in [0.2, 0.25) is 0 Å². The van der Waals surface area contributed by atoms with Crippen molar-refractivity contribution >= 4 is 11.6 Å². The molecule has 5 nitrogen and oxygen atoms in total. The Balaban J connectivity index is 2.11. The van der Waals surface area contributed by atoms with E-state index < -0.39 is 0 Å². The van der Waals surface area contributed by atoms with Gasteiger partial charge in [0, 0.05) is 17.8 Å². The summed E-state index contributed by atoms with van der Waals surface area (Å²) in [6.45, 7) is 10.00. The van der Waals surface area contributed by atoms with Crippen LogP contribution in [0.5, 0.6) is 0 Å². The monoisotopic (exact) mass is 336 g/mol. The van der Waals surface area contributed by atoms with Crippen LogP contribution in [-0.4, -0.2) is 26.5 Å². The molecule has 0 aliphatic heterocycles. The number of hydrogen-bond donors (Lipinski definition) is 1. The molecule has 0 saturated carbocycles. The van der Waals surface area contributed by atoms with Gasteiger partial charge in [0.15, 0.2) is 5.65 Å². The summed E-state index contributed by atoms with van der Waals surface area (Å²) in [6, 6.07) is 8.43. The molecule has 25 heavy (non-hydrogen) atoms. The zero-order valence-electron chi connectivity index (χ0n) is 15.4. The lowest BCUT2D eigenvalue weighted by molar-refractivity contribution is 0.0937. The highest BCUT2D eigenvalue weighted by Gasteiger charge is 2.19. The van der Waals surface area contributed by atoms with Gasteiger partial charge in [0.05, 0.1) is 17.0 Å². The highest BCUT2D eigenvalue weighted by molar-refractivity contribution is 5.95. The summed E-state index contributed by atoms with van der Waals surface area (Å²) in [5.41, 5.74) is 6.34. The van der Waals surface area contributed by atoms with Crippen LogP contribution >= 0.6 is 0 Å². The molecule has 0 bridgehead atoms. The van der Waals surface area contributed by atoms with Crippen molar-refractivity contribution in [1.82, 2.24) is 19.9 Å². The first-order valence-electron chi connectivity index (χ1n) is 8.65. The molecule has 1 N–H and O–H groups in total. The Hall–Kier alpha value is -2.69. The number of rotatable bonds is 4. The van der Waals surface area contributed by atoms with Gasteiger partial charge in [-0.2, -0.15) is 5.10 Å². The van der Waals surface area contributed by atoms with Gasteiger partial charge < -0.3 is 5.32 Å². The first kappa shape index (κ1) is 17.1. The van der Waals surface area contributed by atoms with Crippen molar-refractivity contribution in [2.45, 2.75) is 47.1 Å². The van der Waals surface area contributed by atoms with E-state index in [9.17, 15) is 4.79 Å². The molecule has 0 spiro atoms. The van der Waals surface area contributed by atoms with Crippen LogP contribution < -0.4 is 5.32 Å². The van der Waals surface area contributed by atoms with Gasteiger partial charge in [-0.25, -0.2) is 9.50 Å². The second-order valence-corrected chi connectivity index (χ2v) is 6.61. The molecule has 5 heteroatoms. The summed E-state index contributed by atoms with van der Waals surface area (Å²) in [5.74, 6) is -0.105. The van der Waals surface area contributed by atoms with Crippen LogP contribution in [0.1, 0.15) is 47.6 Å². The van der Waals surface area contributed by atoms with E-state index in [1.807, 2.05) is 33.8 Å². The molecular formula is C20H24N4O. The third kappa shape index (κ3) is 3.14. The molecular weight excluding hydrogens is 312 g/mol. The van der Waals surface area contributed by atoms with Crippen molar-refractivity contribution in [2.24, 2.45) is 0 Å². The van der Waals surface area contributed by atoms with Gasteiger partial charge in [0.25, 0.3) is 5.91 Å². The molecule has 0 aliphatic carbocycles. The van der Waals surface area contributed by atoms with Crippen LogP contribution in [0.15, 0.2) is 30.5 Å². The molecule has 3 aromatic rings. The Morgan fingerprint density at radius 1 is 1.28 bits per heavy atom. The van der Waals surface area contributed by atoms with Gasteiger partial charge in [-0.1, -0.05) is 36.8 Å². The van der Waals surface area contributed by atoms with Crippen LogP contribution in [0, 0.1) is 20.8 Å². The number of aromatic nitrogens is 3. The lowest BCUT2D eigenvalue weighted by Gasteiger charge is -2.13. The number of amides is 1. The number of carbonyl (C=O) groups is 1. The maximum atomic E-state index is 12.5. The second kappa shape index (κ2) is 6.67. The average molecular weight is 336 g/mol. The first-order valence-corrected chi connectivity index (χ1v) is 8.65. The molecule has 2 heterocycles. The molecule has 0 fully saturated rings. The average Bonchev–Trinajstić information content (AvgIpc) is 2.92. The second-order valence-electron chi connectivity index (χ2n) is 6.61. The van der Waals surface area contributed by atoms with E-state index in [0.29, 0.717) is 5.56 Å². The Morgan fingerprint density at radius 2 is 2.04 bits per heavy atom. The van der Waals surface area contributed by atoms with Crippen molar-refractivity contribution in [3.05, 3.63) is 53.0 Å². The molecule has 1 aromatic carbocycles. The van der Waals surface area contributed by atoms with Crippen molar-refractivity contribution in [3.8, 4) is 11.1 Å². The fourth-order valence-electron chi connectivity index (χ4n) is 2.97. The van der Waals surface area contributed by atoms with Crippen molar-refractivity contribution in [2.75, 3.05) is 0 Å². The number of aryl methyl sites for hydroxylation is 3. The normalized spacial score (nSPS) is 12.4. The summed E-state index contributed by atoms with van der Waals surface area (Å²) in [6.07, 6.45) is 2.54. The van der Waals surface area contributed by atoms with E-state index in [0.717, 1.165) is 34.6 Å².